The highest BCUT2D eigenvalue weighted by Gasteiger charge is 2.42. The summed E-state index contributed by atoms with van der Waals surface area (Å²) in [7, 11) is 1.62. The van der Waals surface area contributed by atoms with E-state index in [0.29, 0.717) is 44.8 Å². The Balaban J connectivity index is 1.43. The summed E-state index contributed by atoms with van der Waals surface area (Å²) >= 11 is 0. The third-order valence-corrected chi connectivity index (χ3v) is 6.16. The van der Waals surface area contributed by atoms with E-state index in [2.05, 4.69) is 20.6 Å². The first-order valence-electron chi connectivity index (χ1n) is 11.3. The number of nitrogens with zero attached hydrogens (tertiary/aromatic N) is 4. The van der Waals surface area contributed by atoms with Crippen LogP contribution in [0.1, 0.15) is 48.4 Å². The zero-order valence-electron chi connectivity index (χ0n) is 18.8. The van der Waals surface area contributed by atoms with Crippen LogP contribution in [0, 0.1) is 5.92 Å². The number of nitrogens with one attached hydrogen (secondary N) is 2. The van der Waals surface area contributed by atoms with Gasteiger partial charge in [-0.2, -0.15) is 18.2 Å². The van der Waals surface area contributed by atoms with Crippen molar-refractivity contribution in [3.8, 4) is 0 Å². The SMILES string of the molecule is CNC(=O)C1CCN(c2ccc(NC(=O)c3oc(N4CCCCC4)nc3C(F)(F)F)cn2)CC1. The van der Waals surface area contributed by atoms with E-state index < -0.39 is 23.5 Å². The fraction of sp³-hybridized carbons (Fsp3) is 0.545. The molecule has 2 aromatic rings. The van der Waals surface area contributed by atoms with Crippen molar-refractivity contribution in [2.75, 3.05) is 48.3 Å². The van der Waals surface area contributed by atoms with Gasteiger partial charge in [0.2, 0.25) is 11.7 Å². The van der Waals surface area contributed by atoms with E-state index in [1.165, 1.54) is 6.20 Å². The zero-order valence-corrected chi connectivity index (χ0v) is 18.8. The average molecular weight is 480 g/mol. The third-order valence-electron chi connectivity index (χ3n) is 6.16. The van der Waals surface area contributed by atoms with Crippen molar-refractivity contribution in [1.82, 2.24) is 15.3 Å². The predicted octanol–water partition coefficient (Wildman–Crippen LogP) is 3.29. The molecule has 4 rings (SSSR count). The van der Waals surface area contributed by atoms with E-state index in [1.807, 2.05) is 4.90 Å². The van der Waals surface area contributed by atoms with Gasteiger partial charge in [-0.05, 0) is 44.2 Å². The van der Waals surface area contributed by atoms with E-state index in [4.69, 9.17) is 4.42 Å². The van der Waals surface area contributed by atoms with E-state index in [-0.39, 0.29) is 23.5 Å². The molecule has 0 atom stereocenters. The largest absolute Gasteiger partial charge is 0.437 e. The number of hydrogen-bond acceptors (Lipinski definition) is 7. The molecule has 0 saturated carbocycles. The van der Waals surface area contributed by atoms with Gasteiger partial charge in [0.05, 0.1) is 11.9 Å². The second kappa shape index (κ2) is 9.90. The minimum absolute atomic E-state index is 0.0276. The van der Waals surface area contributed by atoms with Crippen LogP contribution in [-0.4, -0.2) is 55.0 Å². The van der Waals surface area contributed by atoms with Crippen molar-refractivity contribution in [2.24, 2.45) is 5.92 Å². The molecule has 184 valence electrons. The molecule has 9 nitrogen and oxygen atoms in total. The lowest BCUT2D eigenvalue weighted by Gasteiger charge is -2.31. The summed E-state index contributed by atoms with van der Waals surface area (Å²) in [4.78, 5) is 36.0. The maximum Gasteiger partial charge on any atom is 0.437 e. The number of anilines is 3. The highest BCUT2D eigenvalue weighted by atomic mass is 19.4. The number of aromatic nitrogens is 2. The minimum Gasteiger partial charge on any atom is -0.417 e. The summed E-state index contributed by atoms with van der Waals surface area (Å²) in [6, 6.07) is 3.06. The second-order valence-electron chi connectivity index (χ2n) is 8.45. The van der Waals surface area contributed by atoms with Crippen LogP contribution in [0.5, 0.6) is 0 Å². The van der Waals surface area contributed by atoms with Crippen LogP contribution in [-0.2, 0) is 11.0 Å². The van der Waals surface area contributed by atoms with Crippen LogP contribution < -0.4 is 20.4 Å². The molecule has 2 aromatic heterocycles. The Morgan fingerprint density at radius 1 is 1.06 bits per heavy atom. The monoisotopic (exact) mass is 480 g/mol. The number of pyridine rings is 1. The van der Waals surface area contributed by atoms with Crippen molar-refractivity contribution in [3.05, 3.63) is 29.8 Å². The quantitative estimate of drug-likeness (QED) is 0.677. The van der Waals surface area contributed by atoms with Crippen molar-refractivity contribution in [2.45, 2.75) is 38.3 Å². The summed E-state index contributed by atoms with van der Waals surface area (Å²) < 4.78 is 45.9. The van der Waals surface area contributed by atoms with Gasteiger partial charge in [0.15, 0.2) is 5.69 Å². The fourth-order valence-corrected chi connectivity index (χ4v) is 4.29. The predicted molar refractivity (Wildman–Crippen MR) is 119 cm³/mol. The van der Waals surface area contributed by atoms with Crippen molar-refractivity contribution in [3.63, 3.8) is 0 Å². The fourth-order valence-electron chi connectivity index (χ4n) is 4.29. The molecule has 0 unspecified atom stereocenters. The van der Waals surface area contributed by atoms with Crippen LogP contribution >= 0.6 is 0 Å². The average Bonchev–Trinajstić information content (AvgIpc) is 3.31. The lowest BCUT2D eigenvalue weighted by Crippen LogP contribution is -2.39. The van der Waals surface area contributed by atoms with Gasteiger partial charge in [-0.25, -0.2) is 4.98 Å². The number of rotatable bonds is 5. The maximum absolute atomic E-state index is 13.5. The molecule has 2 aliphatic heterocycles. The molecule has 2 N–H and O–H groups in total. The van der Waals surface area contributed by atoms with Gasteiger partial charge in [-0.3, -0.25) is 9.59 Å². The molecular weight excluding hydrogens is 453 g/mol. The van der Waals surface area contributed by atoms with Gasteiger partial charge in [-0.1, -0.05) is 0 Å². The summed E-state index contributed by atoms with van der Waals surface area (Å²) in [6.45, 7) is 2.38. The van der Waals surface area contributed by atoms with E-state index >= 15 is 0 Å². The van der Waals surface area contributed by atoms with Crippen molar-refractivity contribution < 1.29 is 27.2 Å². The smallest absolute Gasteiger partial charge is 0.417 e. The molecule has 0 radical (unpaired) electrons. The van der Waals surface area contributed by atoms with Gasteiger partial charge in [-0.15, -0.1) is 0 Å². The zero-order chi connectivity index (χ0) is 24.3. The van der Waals surface area contributed by atoms with Gasteiger partial charge >= 0.3 is 6.18 Å². The molecular formula is C22H27F3N6O3. The number of oxazole rings is 1. The van der Waals surface area contributed by atoms with Crippen LogP contribution in [0.3, 0.4) is 0 Å². The van der Waals surface area contributed by atoms with Gasteiger partial charge in [0.1, 0.15) is 5.82 Å². The number of carbonyl (C=O) groups excluding carboxylic acids is 2. The number of halogens is 3. The molecule has 0 aromatic carbocycles. The standard InChI is InChI=1S/C22H27F3N6O3/c1-26-19(32)14-7-11-30(12-8-14)16-6-5-15(13-27-16)28-20(33)17-18(22(23,24)25)29-21(34-17)31-9-3-2-4-10-31/h5-6,13-14H,2-4,7-12H2,1H3,(H,26,32)(H,28,33). The Kier molecular flexibility index (Phi) is 6.94. The lowest BCUT2D eigenvalue weighted by atomic mass is 9.96. The molecule has 0 aliphatic carbocycles. The number of alkyl halides is 3. The van der Waals surface area contributed by atoms with Crippen LogP contribution in [0.25, 0.3) is 0 Å². The Morgan fingerprint density at radius 3 is 2.35 bits per heavy atom. The number of amides is 2. The number of carbonyl (C=O) groups is 2. The number of hydrogen-bond donors (Lipinski definition) is 2. The highest BCUT2D eigenvalue weighted by molar-refractivity contribution is 6.03. The molecule has 0 spiro atoms. The van der Waals surface area contributed by atoms with Gasteiger partial charge in [0, 0.05) is 39.1 Å². The van der Waals surface area contributed by atoms with Crippen molar-refractivity contribution in [1.29, 1.82) is 0 Å². The maximum atomic E-state index is 13.5. The van der Waals surface area contributed by atoms with E-state index in [0.717, 1.165) is 19.3 Å². The molecule has 2 saturated heterocycles. The van der Waals surface area contributed by atoms with Crippen molar-refractivity contribution >= 4 is 29.3 Å². The molecule has 2 amide bonds. The minimum atomic E-state index is -4.83. The summed E-state index contributed by atoms with van der Waals surface area (Å²) in [6.07, 6.45) is 0.599. The second-order valence-corrected chi connectivity index (χ2v) is 8.45. The summed E-state index contributed by atoms with van der Waals surface area (Å²) in [5.74, 6) is -1.24. The summed E-state index contributed by atoms with van der Waals surface area (Å²) in [5.41, 5.74) is -1.10. The topological polar surface area (TPSA) is 104 Å². The van der Waals surface area contributed by atoms with E-state index in [1.54, 1.807) is 24.1 Å². The Bertz CT molecular complexity index is 1010. The highest BCUT2D eigenvalue weighted by Crippen LogP contribution is 2.35. The Hall–Kier alpha value is -3.31. The van der Waals surface area contributed by atoms with Crippen LogP contribution in [0.15, 0.2) is 22.7 Å². The molecule has 34 heavy (non-hydrogen) atoms. The van der Waals surface area contributed by atoms with Gasteiger partial charge < -0.3 is 24.9 Å². The molecule has 2 fully saturated rings. The molecule has 4 heterocycles. The molecule has 2 aliphatic rings. The Labute approximate surface area is 194 Å². The lowest BCUT2D eigenvalue weighted by molar-refractivity contribution is -0.141. The first-order valence-corrected chi connectivity index (χ1v) is 11.3. The van der Waals surface area contributed by atoms with Gasteiger partial charge in [0.25, 0.3) is 11.9 Å². The van der Waals surface area contributed by atoms with Crippen LogP contribution in [0.2, 0.25) is 0 Å². The first kappa shape index (κ1) is 23.8. The van der Waals surface area contributed by atoms with Crippen LogP contribution in [0.4, 0.5) is 30.7 Å². The molecule has 0 bridgehead atoms. The third kappa shape index (κ3) is 5.26. The summed E-state index contributed by atoms with van der Waals surface area (Å²) in [5, 5.41) is 5.08. The van der Waals surface area contributed by atoms with E-state index in [9.17, 15) is 22.8 Å². The normalized spacial score (nSPS) is 17.5. The Morgan fingerprint density at radius 2 is 1.76 bits per heavy atom. The first-order chi connectivity index (χ1) is 16.3. The molecule has 12 heteroatoms. The number of piperidine rings is 2.